The van der Waals surface area contributed by atoms with Crippen LogP contribution in [0.5, 0.6) is 0 Å². The second kappa shape index (κ2) is 6.41. The molecule has 2 rings (SSSR count). The topological polar surface area (TPSA) is 33.1 Å². The van der Waals surface area contributed by atoms with Gasteiger partial charge in [-0.05, 0) is 18.6 Å². The second-order valence-electron chi connectivity index (χ2n) is 4.26. The number of hydrogen-bond donors (Lipinski definition) is 1. The number of fused-ring (bicyclic) bond motifs is 1. The molecule has 0 amide bonds. The van der Waals surface area contributed by atoms with Gasteiger partial charge in [0, 0.05) is 28.6 Å². The fourth-order valence-electron chi connectivity index (χ4n) is 1.73. The van der Waals surface area contributed by atoms with Gasteiger partial charge in [0.25, 0.3) is 0 Å². The van der Waals surface area contributed by atoms with E-state index in [2.05, 4.69) is 18.0 Å². The molecule has 2 aromatic rings. The number of hydrogen-bond acceptors (Lipinski definition) is 3. The maximum absolute atomic E-state index is 8.88. The highest BCUT2D eigenvalue weighted by molar-refractivity contribution is 7.99. The highest BCUT2D eigenvalue weighted by Crippen LogP contribution is 2.26. The average molecular weight is 282 g/mol. The highest BCUT2D eigenvalue weighted by Gasteiger charge is 2.07. The molecule has 1 aromatic carbocycles. The van der Waals surface area contributed by atoms with Crippen molar-refractivity contribution in [2.45, 2.75) is 24.3 Å². The molecule has 1 N–H and O–H groups in total. The molecular weight excluding hydrogens is 266 g/mol. The highest BCUT2D eigenvalue weighted by atomic mass is 35.5. The van der Waals surface area contributed by atoms with Crippen LogP contribution in [0.3, 0.4) is 0 Å². The van der Waals surface area contributed by atoms with Crippen LogP contribution >= 0.6 is 23.4 Å². The smallest absolute Gasteiger partial charge is 0.133 e. The van der Waals surface area contributed by atoms with Crippen molar-refractivity contribution in [3.05, 3.63) is 41.0 Å². The van der Waals surface area contributed by atoms with E-state index in [-0.39, 0.29) is 6.61 Å². The summed E-state index contributed by atoms with van der Waals surface area (Å²) in [5.74, 6) is 0.831. The predicted molar refractivity (Wildman–Crippen MR) is 79.2 cm³/mol. The predicted octanol–water partition coefficient (Wildman–Crippen LogP) is 3.89. The molecule has 0 bridgehead atoms. The van der Waals surface area contributed by atoms with E-state index in [1.54, 1.807) is 11.8 Å². The number of para-hydroxylation sites is 1. The Labute approximate surface area is 116 Å². The van der Waals surface area contributed by atoms with Crippen molar-refractivity contribution >= 4 is 34.3 Å². The maximum atomic E-state index is 8.88. The lowest BCUT2D eigenvalue weighted by Crippen LogP contribution is -2.00. The normalized spacial score (nSPS) is 12.8. The Balaban J connectivity index is 2.15. The Morgan fingerprint density at radius 2 is 2.17 bits per heavy atom. The first-order chi connectivity index (χ1) is 8.70. The summed E-state index contributed by atoms with van der Waals surface area (Å²) in [5.41, 5.74) is 1.99. The van der Waals surface area contributed by atoms with Gasteiger partial charge in [0.2, 0.25) is 0 Å². The van der Waals surface area contributed by atoms with Gasteiger partial charge in [0.05, 0.1) is 5.52 Å². The Bertz CT molecular complexity index is 532. The molecule has 18 heavy (non-hydrogen) atoms. The minimum atomic E-state index is 0.234. The third-order valence-corrected chi connectivity index (χ3v) is 4.42. The molecule has 96 valence electrons. The van der Waals surface area contributed by atoms with Crippen LogP contribution in [-0.2, 0) is 5.75 Å². The fraction of sp³-hybridized carbons (Fsp3) is 0.357. The number of rotatable bonds is 5. The minimum absolute atomic E-state index is 0.234. The van der Waals surface area contributed by atoms with Crippen molar-refractivity contribution in [2.75, 3.05) is 6.61 Å². The van der Waals surface area contributed by atoms with Crippen LogP contribution in [0.4, 0.5) is 0 Å². The molecule has 0 fully saturated rings. The molecule has 1 atom stereocenters. The molecule has 1 aromatic heterocycles. The van der Waals surface area contributed by atoms with Crippen LogP contribution in [-0.4, -0.2) is 21.9 Å². The lowest BCUT2D eigenvalue weighted by molar-refractivity contribution is 0.289. The molecular formula is C14H16ClNOS. The lowest BCUT2D eigenvalue weighted by Gasteiger charge is -2.10. The second-order valence-corrected chi connectivity index (χ2v) is 6.05. The third-order valence-electron chi connectivity index (χ3n) is 2.81. The van der Waals surface area contributed by atoms with Crippen LogP contribution in [0.1, 0.15) is 18.9 Å². The van der Waals surface area contributed by atoms with Crippen molar-refractivity contribution in [2.24, 2.45) is 0 Å². The van der Waals surface area contributed by atoms with E-state index in [1.165, 1.54) is 0 Å². The Kier molecular flexibility index (Phi) is 4.87. The molecule has 2 nitrogen and oxygen atoms in total. The van der Waals surface area contributed by atoms with Gasteiger partial charge in [-0.15, -0.1) is 0 Å². The Morgan fingerprint density at radius 1 is 1.39 bits per heavy atom. The van der Waals surface area contributed by atoms with Gasteiger partial charge in [-0.2, -0.15) is 11.8 Å². The first kappa shape index (κ1) is 13.7. The van der Waals surface area contributed by atoms with Crippen LogP contribution < -0.4 is 0 Å². The summed E-state index contributed by atoms with van der Waals surface area (Å²) in [7, 11) is 0. The molecule has 0 radical (unpaired) electrons. The number of thioether (sulfide) groups is 1. The largest absolute Gasteiger partial charge is 0.396 e. The molecule has 0 saturated carbocycles. The van der Waals surface area contributed by atoms with Gasteiger partial charge in [-0.25, -0.2) is 4.98 Å². The quantitative estimate of drug-likeness (QED) is 0.844. The van der Waals surface area contributed by atoms with E-state index in [0.29, 0.717) is 10.4 Å². The molecule has 0 saturated heterocycles. The first-order valence-electron chi connectivity index (χ1n) is 5.97. The van der Waals surface area contributed by atoms with Gasteiger partial charge < -0.3 is 5.11 Å². The van der Waals surface area contributed by atoms with Gasteiger partial charge in [0.1, 0.15) is 5.15 Å². The van der Waals surface area contributed by atoms with E-state index in [1.807, 2.05) is 24.3 Å². The molecule has 4 heteroatoms. The van der Waals surface area contributed by atoms with Crippen LogP contribution in [0.15, 0.2) is 30.3 Å². The van der Waals surface area contributed by atoms with Gasteiger partial charge in [0.15, 0.2) is 0 Å². The molecule has 0 aliphatic heterocycles. The number of aliphatic hydroxyl groups is 1. The van der Waals surface area contributed by atoms with Crippen molar-refractivity contribution < 1.29 is 5.11 Å². The van der Waals surface area contributed by atoms with Gasteiger partial charge >= 0.3 is 0 Å². The van der Waals surface area contributed by atoms with Crippen molar-refractivity contribution in [1.29, 1.82) is 0 Å². The van der Waals surface area contributed by atoms with E-state index < -0.39 is 0 Å². The fourth-order valence-corrected chi connectivity index (χ4v) is 2.98. The van der Waals surface area contributed by atoms with Gasteiger partial charge in [-0.1, -0.05) is 36.7 Å². The Hall–Kier alpha value is -0.770. The summed E-state index contributed by atoms with van der Waals surface area (Å²) in [6.45, 7) is 2.35. The van der Waals surface area contributed by atoms with E-state index in [4.69, 9.17) is 16.7 Å². The van der Waals surface area contributed by atoms with Crippen molar-refractivity contribution in [3.8, 4) is 0 Å². The number of pyridine rings is 1. The minimum Gasteiger partial charge on any atom is -0.396 e. The summed E-state index contributed by atoms with van der Waals surface area (Å²) in [5, 5.41) is 11.0. The third kappa shape index (κ3) is 3.37. The molecule has 0 aliphatic rings. The van der Waals surface area contributed by atoms with Gasteiger partial charge in [-0.3, -0.25) is 0 Å². The SMILES string of the molecule is CC(CCO)SCc1cc2ccccc2nc1Cl. The summed E-state index contributed by atoms with van der Waals surface area (Å²) in [6.07, 6.45) is 0.809. The van der Waals surface area contributed by atoms with E-state index in [9.17, 15) is 0 Å². The van der Waals surface area contributed by atoms with Crippen LogP contribution in [0, 0.1) is 0 Å². The van der Waals surface area contributed by atoms with Crippen LogP contribution in [0.25, 0.3) is 10.9 Å². The zero-order chi connectivity index (χ0) is 13.0. The molecule has 1 heterocycles. The zero-order valence-electron chi connectivity index (χ0n) is 10.3. The van der Waals surface area contributed by atoms with E-state index in [0.717, 1.165) is 28.6 Å². The lowest BCUT2D eigenvalue weighted by atomic mass is 10.2. The van der Waals surface area contributed by atoms with E-state index >= 15 is 0 Å². The number of aliphatic hydroxyl groups excluding tert-OH is 1. The average Bonchev–Trinajstić information content (AvgIpc) is 2.36. The first-order valence-corrected chi connectivity index (χ1v) is 7.40. The maximum Gasteiger partial charge on any atom is 0.133 e. The van der Waals surface area contributed by atoms with Crippen LogP contribution in [0.2, 0.25) is 5.15 Å². The van der Waals surface area contributed by atoms with Crippen molar-refractivity contribution in [3.63, 3.8) is 0 Å². The number of nitrogens with zero attached hydrogens (tertiary/aromatic N) is 1. The standard InChI is InChI=1S/C14H16ClNOS/c1-10(6-7-17)18-9-12-8-11-4-2-3-5-13(11)16-14(12)15/h2-5,8,10,17H,6-7,9H2,1H3. The molecule has 0 aliphatic carbocycles. The summed E-state index contributed by atoms with van der Waals surface area (Å²) in [6, 6.07) is 10.1. The number of benzene rings is 1. The number of aromatic nitrogens is 1. The zero-order valence-corrected chi connectivity index (χ0v) is 11.8. The summed E-state index contributed by atoms with van der Waals surface area (Å²) in [4.78, 5) is 4.40. The summed E-state index contributed by atoms with van der Waals surface area (Å²) < 4.78 is 0. The van der Waals surface area contributed by atoms with Crippen molar-refractivity contribution in [1.82, 2.24) is 4.98 Å². The Morgan fingerprint density at radius 3 is 2.94 bits per heavy atom. The molecule has 1 unspecified atom stereocenters. The molecule has 0 spiro atoms. The monoisotopic (exact) mass is 281 g/mol. The summed E-state index contributed by atoms with van der Waals surface area (Å²) >= 11 is 7.98. The number of halogens is 1.